The predicted octanol–water partition coefficient (Wildman–Crippen LogP) is 5.03. The first-order valence-corrected chi connectivity index (χ1v) is 8.62. The quantitative estimate of drug-likeness (QED) is 0.554. The maximum Gasteiger partial charge on any atom is 0.305 e. The van der Waals surface area contributed by atoms with E-state index >= 15 is 0 Å². The molecule has 0 unspecified atom stereocenters. The average molecular weight is 345 g/mol. The summed E-state index contributed by atoms with van der Waals surface area (Å²) >= 11 is 8.99. The van der Waals surface area contributed by atoms with E-state index in [9.17, 15) is 4.79 Å². The highest BCUT2D eigenvalue weighted by atomic mass is 35.5. The van der Waals surface area contributed by atoms with Gasteiger partial charge >= 0.3 is 4.87 Å². The molecular formula is C16H9ClN2OS2. The Morgan fingerprint density at radius 2 is 2.00 bits per heavy atom. The molecule has 0 fully saturated rings. The molecule has 0 aliphatic rings. The number of rotatable bonds is 2. The molecule has 0 radical (unpaired) electrons. The van der Waals surface area contributed by atoms with Crippen molar-refractivity contribution in [2.24, 2.45) is 0 Å². The van der Waals surface area contributed by atoms with Crippen LogP contribution >= 0.6 is 34.3 Å². The van der Waals surface area contributed by atoms with E-state index in [1.807, 2.05) is 47.8 Å². The van der Waals surface area contributed by atoms with Gasteiger partial charge in [-0.1, -0.05) is 47.2 Å². The third-order valence-electron chi connectivity index (χ3n) is 3.33. The van der Waals surface area contributed by atoms with Gasteiger partial charge in [-0.3, -0.25) is 4.79 Å². The molecule has 0 saturated carbocycles. The molecule has 2 aromatic heterocycles. The zero-order valence-corrected chi connectivity index (χ0v) is 13.6. The van der Waals surface area contributed by atoms with E-state index in [4.69, 9.17) is 11.6 Å². The van der Waals surface area contributed by atoms with Gasteiger partial charge in [-0.25, -0.2) is 4.98 Å². The van der Waals surface area contributed by atoms with Gasteiger partial charge < -0.3 is 4.98 Å². The first-order valence-electron chi connectivity index (χ1n) is 6.54. The monoisotopic (exact) mass is 344 g/mol. The largest absolute Gasteiger partial charge is 0.312 e. The summed E-state index contributed by atoms with van der Waals surface area (Å²) in [6.07, 6.45) is 0. The second-order valence-corrected chi connectivity index (χ2v) is 7.02. The zero-order chi connectivity index (χ0) is 15.1. The van der Waals surface area contributed by atoms with Gasteiger partial charge in [0.1, 0.15) is 5.01 Å². The molecular weight excluding hydrogens is 336 g/mol. The minimum absolute atomic E-state index is 0.0396. The summed E-state index contributed by atoms with van der Waals surface area (Å²) in [6.45, 7) is 0. The van der Waals surface area contributed by atoms with Crippen molar-refractivity contribution in [3.63, 3.8) is 0 Å². The van der Waals surface area contributed by atoms with Crippen LogP contribution in [0, 0.1) is 0 Å². The standard InChI is InChI=1S/C16H9ClN2OS2/c17-11-4-2-1-3-10(11)15-18-13(8-21-15)9-5-6-12-14(7-9)22-16(20)19-12/h1-8H,(H,19,20). The van der Waals surface area contributed by atoms with Crippen molar-refractivity contribution in [2.75, 3.05) is 0 Å². The summed E-state index contributed by atoms with van der Waals surface area (Å²) in [5, 5.41) is 3.60. The molecule has 4 aromatic rings. The number of H-pyrrole nitrogens is 1. The molecule has 0 bridgehead atoms. The molecule has 2 aromatic carbocycles. The van der Waals surface area contributed by atoms with Crippen LogP contribution in [-0.2, 0) is 0 Å². The van der Waals surface area contributed by atoms with Gasteiger partial charge in [0.25, 0.3) is 0 Å². The Kier molecular flexibility index (Phi) is 3.33. The van der Waals surface area contributed by atoms with E-state index in [2.05, 4.69) is 9.97 Å². The van der Waals surface area contributed by atoms with Crippen molar-refractivity contribution in [1.82, 2.24) is 9.97 Å². The molecule has 3 nitrogen and oxygen atoms in total. The average Bonchev–Trinajstić information content (AvgIpc) is 3.12. The van der Waals surface area contributed by atoms with Crippen molar-refractivity contribution in [2.45, 2.75) is 0 Å². The van der Waals surface area contributed by atoms with Crippen LogP contribution < -0.4 is 4.87 Å². The van der Waals surface area contributed by atoms with Crippen LogP contribution in [0.2, 0.25) is 5.02 Å². The second kappa shape index (κ2) is 5.35. The van der Waals surface area contributed by atoms with Gasteiger partial charge in [0.05, 0.1) is 20.9 Å². The fraction of sp³-hybridized carbons (Fsp3) is 0. The summed E-state index contributed by atoms with van der Waals surface area (Å²) in [6, 6.07) is 13.6. The number of thiazole rings is 2. The van der Waals surface area contributed by atoms with Crippen LogP contribution in [0.5, 0.6) is 0 Å². The molecule has 0 aliphatic carbocycles. The van der Waals surface area contributed by atoms with Crippen molar-refractivity contribution in [3.8, 4) is 21.8 Å². The van der Waals surface area contributed by atoms with Crippen LogP contribution in [0.15, 0.2) is 52.6 Å². The number of hydrogen-bond donors (Lipinski definition) is 1. The lowest BCUT2D eigenvalue weighted by Gasteiger charge is -1.99. The molecule has 0 spiro atoms. The molecule has 0 amide bonds. The molecule has 1 N–H and O–H groups in total. The van der Waals surface area contributed by atoms with Crippen molar-refractivity contribution in [3.05, 3.63) is 62.5 Å². The van der Waals surface area contributed by atoms with E-state index in [0.717, 1.165) is 32.0 Å². The van der Waals surface area contributed by atoms with Crippen LogP contribution in [0.25, 0.3) is 32.0 Å². The Bertz CT molecular complexity index is 1030. The van der Waals surface area contributed by atoms with Crippen LogP contribution in [-0.4, -0.2) is 9.97 Å². The number of aromatic nitrogens is 2. The Morgan fingerprint density at radius 3 is 2.86 bits per heavy atom. The fourth-order valence-corrected chi connectivity index (χ4v) is 4.19. The summed E-state index contributed by atoms with van der Waals surface area (Å²) in [5.41, 5.74) is 3.69. The minimum atomic E-state index is -0.0396. The number of hydrogen-bond acceptors (Lipinski definition) is 4. The van der Waals surface area contributed by atoms with E-state index in [1.165, 1.54) is 11.3 Å². The molecule has 0 saturated heterocycles. The lowest BCUT2D eigenvalue weighted by molar-refractivity contribution is 1.39. The topological polar surface area (TPSA) is 45.8 Å². The maximum atomic E-state index is 11.4. The lowest BCUT2D eigenvalue weighted by atomic mass is 10.1. The van der Waals surface area contributed by atoms with Crippen LogP contribution in [0.1, 0.15) is 0 Å². The Morgan fingerprint density at radius 1 is 1.14 bits per heavy atom. The number of nitrogens with one attached hydrogen (secondary N) is 1. The zero-order valence-electron chi connectivity index (χ0n) is 11.2. The van der Waals surface area contributed by atoms with E-state index < -0.39 is 0 Å². The molecule has 22 heavy (non-hydrogen) atoms. The third-order valence-corrected chi connectivity index (χ3v) is 5.38. The van der Waals surface area contributed by atoms with E-state index in [0.29, 0.717) is 5.02 Å². The smallest absolute Gasteiger partial charge is 0.305 e. The number of aromatic amines is 1. The number of fused-ring (bicyclic) bond motifs is 1. The summed E-state index contributed by atoms with van der Waals surface area (Å²) < 4.78 is 0.940. The summed E-state index contributed by atoms with van der Waals surface area (Å²) in [4.78, 5) is 18.8. The highest BCUT2D eigenvalue weighted by molar-refractivity contribution is 7.16. The number of benzene rings is 2. The molecule has 6 heteroatoms. The molecule has 108 valence electrons. The predicted molar refractivity (Wildman–Crippen MR) is 94.0 cm³/mol. The first-order chi connectivity index (χ1) is 10.7. The van der Waals surface area contributed by atoms with Gasteiger partial charge in [0.15, 0.2) is 0 Å². The van der Waals surface area contributed by atoms with Crippen LogP contribution in [0.4, 0.5) is 0 Å². The van der Waals surface area contributed by atoms with E-state index in [1.54, 1.807) is 11.3 Å². The highest BCUT2D eigenvalue weighted by Crippen LogP contribution is 2.33. The first kappa shape index (κ1) is 13.7. The summed E-state index contributed by atoms with van der Waals surface area (Å²) in [7, 11) is 0. The SMILES string of the molecule is O=c1[nH]c2ccc(-c3csc(-c4ccccc4Cl)n3)cc2s1. The van der Waals surface area contributed by atoms with E-state index in [-0.39, 0.29) is 4.87 Å². The molecule has 4 rings (SSSR count). The maximum absolute atomic E-state index is 11.4. The molecule has 0 atom stereocenters. The van der Waals surface area contributed by atoms with Gasteiger partial charge in [0, 0.05) is 16.5 Å². The van der Waals surface area contributed by atoms with Crippen LogP contribution in [0.3, 0.4) is 0 Å². The number of halogens is 1. The van der Waals surface area contributed by atoms with Gasteiger partial charge in [-0.2, -0.15) is 0 Å². The summed E-state index contributed by atoms with van der Waals surface area (Å²) in [5.74, 6) is 0. The Balaban J connectivity index is 1.79. The number of nitrogens with zero attached hydrogens (tertiary/aromatic N) is 1. The normalized spacial score (nSPS) is 11.1. The fourth-order valence-electron chi connectivity index (χ4n) is 2.27. The van der Waals surface area contributed by atoms with Gasteiger partial charge in [0.2, 0.25) is 0 Å². The Labute approximate surface area is 138 Å². The van der Waals surface area contributed by atoms with Gasteiger partial charge in [-0.05, 0) is 18.2 Å². The molecule has 2 heterocycles. The molecule has 0 aliphatic heterocycles. The van der Waals surface area contributed by atoms with Gasteiger partial charge in [-0.15, -0.1) is 11.3 Å². The third kappa shape index (κ3) is 2.37. The van der Waals surface area contributed by atoms with Crippen molar-refractivity contribution in [1.29, 1.82) is 0 Å². The van der Waals surface area contributed by atoms with Crippen molar-refractivity contribution >= 4 is 44.5 Å². The second-order valence-electron chi connectivity index (χ2n) is 4.74. The minimum Gasteiger partial charge on any atom is -0.312 e. The highest BCUT2D eigenvalue weighted by Gasteiger charge is 2.10. The lowest BCUT2D eigenvalue weighted by Crippen LogP contribution is -1.89. The van der Waals surface area contributed by atoms with Crippen molar-refractivity contribution < 1.29 is 0 Å². The Hall–Kier alpha value is -1.95.